The second kappa shape index (κ2) is 7.79. The van der Waals surface area contributed by atoms with Crippen molar-refractivity contribution in [2.75, 3.05) is 0 Å². The van der Waals surface area contributed by atoms with E-state index in [0.717, 1.165) is 12.5 Å². The Hall–Kier alpha value is -1.99. The van der Waals surface area contributed by atoms with E-state index in [2.05, 4.69) is 0 Å². The summed E-state index contributed by atoms with van der Waals surface area (Å²) in [6.07, 6.45) is 2.82. The number of sulfone groups is 1. The summed E-state index contributed by atoms with van der Waals surface area (Å²) in [7, 11) is -4.29. The van der Waals surface area contributed by atoms with Crippen molar-refractivity contribution in [3.63, 3.8) is 0 Å². The number of aliphatic carboxylic acids is 1. The SMILES string of the molecule is O=C(O)CC1(c2cc(F)c(S(=O)(=O)c3ccc(Cl)cc3)cc2F)CCCCC1. The minimum Gasteiger partial charge on any atom is -0.481 e. The van der Waals surface area contributed by atoms with Gasteiger partial charge in [0.1, 0.15) is 16.5 Å². The van der Waals surface area contributed by atoms with E-state index < -0.39 is 37.8 Å². The van der Waals surface area contributed by atoms with Crippen LogP contribution in [0.1, 0.15) is 44.1 Å². The van der Waals surface area contributed by atoms with E-state index in [1.54, 1.807) is 0 Å². The first kappa shape index (κ1) is 20.7. The van der Waals surface area contributed by atoms with Gasteiger partial charge >= 0.3 is 5.97 Å². The molecule has 2 aromatic carbocycles. The number of carboxylic acid groups (broad SMARTS) is 1. The maximum atomic E-state index is 15.0. The fourth-order valence-electron chi connectivity index (χ4n) is 3.94. The van der Waals surface area contributed by atoms with Crippen molar-refractivity contribution in [1.82, 2.24) is 0 Å². The highest BCUT2D eigenvalue weighted by molar-refractivity contribution is 7.91. The third kappa shape index (κ3) is 3.91. The molecule has 2 aromatic rings. The first-order valence-corrected chi connectivity index (χ1v) is 10.7. The molecule has 1 fully saturated rings. The standard InChI is InChI=1S/C20H19ClF2O4S/c21-13-4-6-14(7-5-13)28(26,27)18-11-16(22)15(10-17(18)23)20(12-19(24)25)8-2-1-3-9-20/h4-7,10-11H,1-3,8-9,12H2,(H,24,25). The van der Waals surface area contributed by atoms with Crippen LogP contribution >= 0.6 is 11.6 Å². The van der Waals surface area contributed by atoms with Gasteiger partial charge < -0.3 is 5.11 Å². The topological polar surface area (TPSA) is 71.4 Å². The summed E-state index contributed by atoms with van der Waals surface area (Å²) in [6, 6.07) is 6.65. The van der Waals surface area contributed by atoms with Crippen LogP contribution in [0.3, 0.4) is 0 Å². The molecule has 3 rings (SSSR count). The molecule has 0 aliphatic heterocycles. The molecule has 1 aliphatic rings. The van der Waals surface area contributed by atoms with Crippen molar-refractivity contribution >= 4 is 27.4 Å². The molecule has 150 valence electrons. The van der Waals surface area contributed by atoms with Crippen LogP contribution < -0.4 is 0 Å². The summed E-state index contributed by atoms with van der Waals surface area (Å²) in [5.74, 6) is -3.10. The van der Waals surface area contributed by atoms with Crippen molar-refractivity contribution in [3.8, 4) is 0 Å². The van der Waals surface area contributed by atoms with Gasteiger partial charge in [0.15, 0.2) is 0 Å². The van der Waals surface area contributed by atoms with Crippen LogP contribution in [0.2, 0.25) is 5.02 Å². The van der Waals surface area contributed by atoms with Crippen LogP contribution in [0.4, 0.5) is 8.78 Å². The molecular formula is C20H19ClF2O4S. The van der Waals surface area contributed by atoms with E-state index in [-0.39, 0.29) is 16.9 Å². The molecule has 4 nitrogen and oxygen atoms in total. The third-order valence-electron chi connectivity index (χ3n) is 5.31. The van der Waals surface area contributed by atoms with E-state index in [1.165, 1.54) is 24.3 Å². The maximum absolute atomic E-state index is 15.0. The second-order valence-corrected chi connectivity index (χ2v) is 9.49. The molecule has 1 aliphatic carbocycles. The lowest BCUT2D eigenvalue weighted by molar-refractivity contribution is -0.138. The Kier molecular flexibility index (Phi) is 5.77. The van der Waals surface area contributed by atoms with Crippen LogP contribution in [0.15, 0.2) is 46.2 Å². The van der Waals surface area contributed by atoms with Crippen molar-refractivity contribution < 1.29 is 27.1 Å². The van der Waals surface area contributed by atoms with Crippen LogP contribution in [-0.2, 0) is 20.0 Å². The number of halogens is 3. The molecule has 0 saturated heterocycles. The molecule has 28 heavy (non-hydrogen) atoms. The molecule has 0 spiro atoms. The maximum Gasteiger partial charge on any atom is 0.304 e. The van der Waals surface area contributed by atoms with E-state index in [9.17, 15) is 27.1 Å². The van der Waals surface area contributed by atoms with Gasteiger partial charge in [0.25, 0.3) is 0 Å². The van der Waals surface area contributed by atoms with E-state index in [1.807, 2.05) is 0 Å². The summed E-state index contributed by atoms with van der Waals surface area (Å²) < 4.78 is 55.2. The smallest absolute Gasteiger partial charge is 0.304 e. The quantitative estimate of drug-likeness (QED) is 0.716. The number of rotatable bonds is 5. The van der Waals surface area contributed by atoms with Gasteiger partial charge in [-0.05, 0) is 54.8 Å². The van der Waals surface area contributed by atoms with Gasteiger partial charge in [-0.3, -0.25) is 4.79 Å². The average Bonchev–Trinajstić information content (AvgIpc) is 2.63. The highest BCUT2D eigenvalue weighted by Gasteiger charge is 2.39. The van der Waals surface area contributed by atoms with Gasteiger partial charge in [-0.2, -0.15) is 0 Å². The fourth-order valence-corrected chi connectivity index (χ4v) is 5.39. The summed E-state index contributed by atoms with van der Waals surface area (Å²) in [5.41, 5.74) is -1.10. The lowest BCUT2D eigenvalue weighted by Gasteiger charge is -2.37. The molecule has 0 bridgehead atoms. The molecule has 0 radical (unpaired) electrons. The van der Waals surface area contributed by atoms with Crippen molar-refractivity contribution in [2.45, 2.75) is 53.7 Å². The zero-order valence-electron chi connectivity index (χ0n) is 14.9. The fraction of sp³-hybridized carbons (Fsp3) is 0.350. The Morgan fingerprint density at radius 2 is 1.64 bits per heavy atom. The molecule has 0 aromatic heterocycles. The Morgan fingerprint density at radius 3 is 2.21 bits per heavy atom. The van der Waals surface area contributed by atoms with Crippen LogP contribution in [0, 0.1) is 11.6 Å². The Morgan fingerprint density at radius 1 is 1.04 bits per heavy atom. The molecule has 0 atom stereocenters. The highest BCUT2D eigenvalue weighted by Crippen LogP contribution is 2.44. The first-order chi connectivity index (χ1) is 13.2. The van der Waals surface area contributed by atoms with E-state index >= 15 is 0 Å². The lowest BCUT2D eigenvalue weighted by atomic mass is 9.67. The normalized spacial score (nSPS) is 16.7. The molecule has 1 saturated carbocycles. The van der Waals surface area contributed by atoms with Crippen LogP contribution in [0.5, 0.6) is 0 Å². The van der Waals surface area contributed by atoms with Crippen LogP contribution in [0.25, 0.3) is 0 Å². The number of hydrogen-bond acceptors (Lipinski definition) is 3. The molecular weight excluding hydrogens is 410 g/mol. The molecule has 0 heterocycles. The summed E-state index contributed by atoms with van der Waals surface area (Å²) in [5, 5.41) is 9.60. The van der Waals surface area contributed by atoms with Gasteiger partial charge in [-0.15, -0.1) is 0 Å². The highest BCUT2D eigenvalue weighted by atomic mass is 35.5. The van der Waals surface area contributed by atoms with Gasteiger partial charge in [-0.1, -0.05) is 30.9 Å². The number of benzene rings is 2. The minimum absolute atomic E-state index is 0.0674. The van der Waals surface area contributed by atoms with Gasteiger partial charge in [0.05, 0.1) is 11.3 Å². The number of carboxylic acids is 1. The second-order valence-electron chi connectivity index (χ2n) is 7.13. The van der Waals surface area contributed by atoms with Crippen molar-refractivity contribution in [3.05, 3.63) is 58.6 Å². The predicted molar refractivity (Wildman–Crippen MR) is 100 cm³/mol. The van der Waals surface area contributed by atoms with Crippen molar-refractivity contribution in [1.29, 1.82) is 0 Å². The number of hydrogen-bond donors (Lipinski definition) is 1. The molecule has 0 amide bonds. The van der Waals surface area contributed by atoms with Gasteiger partial charge in [0, 0.05) is 10.4 Å². The lowest BCUT2D eigenvalue weighted by Crippen LogP contribution is -2.33. The zero-order chi connectivity index (χ0) is 20.5. The first-order valence-electron chi connectivity index (χ1n) is 8.88. The minimum atomic E-state index is -4.29. The third-order valence-corrected chi connectivity index (χ3v) is 7.34. The molecule has 8 heteroatoms. The predicted octanol–water partition coefficient (Wildman–Crippen LogP) is 5.13. The molecule has 0 unspecified atom stereocenters. The monoisotopic (exact) mass is 428 g/mol. The summed E-state index contributed by atoms with van der Waals surface area (Å²) >= 11 is 5.75. The molecule has 1 N–H and O–H groups in total. The van der Waals surface area contributed by atoms with Gasteiger partial charge in [0.2, 0.25) is 9.84 Å². The number of carbonyl (C=O) groups is 1. The van der Waals surface area contributed by atoms with Gasteiger partial charge in [-0.25, -0.2) is 17.2 Å². The Bertz CT molecular complexity index is 998. The Labute approximate surface area is 167 Å². The summed E-state index contributed by atoms with van der Waals surface area (Å²) in [6.45, 7) is 0. The van der Waals surface area contributed by atoms with Crippen molar-refractivity contribution in [2.24, 2.45) is 0 Å². The van der Waals surface area contributed by atoms with E-state index in [0.29, 0.717) is 36.8 Å². The summed E-state index contributed by atoms with van der Waals surface area (Å²) in [4.78, 5) is 10.4. The average molecular weight is 429 g/mol. The largest absolute Gasteiger partial charge is 0.481 e. The zero-order valence-corrected chi connectivity index (χ0v) is 16.5. The Balaban J connectivity index is 2.10. The van der Waals surface area contributed by atoms with Crippen LogP contribution in [-0.4, -0.2) is 19.5 Å². The van der Waals surface area contributed by atoms with E-state index in [4.69, 9.17) is 11.6 Å².